The van der Waals surface area contributed by atoms with E-state index in [1.54, 1.807) is 20.4 Å². The third-order valence-corrected chi connectivity index (χ3v) is 4.23. The van der Waals surface area contributed by atoms with Crippen molar-refractivity contribution in [3.8, 4) is 0 Å². The van der Waals surface area contributed by atoms with Gasteiger partial charge in [-0.2, -0.15) is 0 Å². The number of likely N-dealkylation sites (tertiary alicyclic amines) is 1. The van der Waals surface area contributed by atoms with E-state index in [2.05, 4.69) is 4.98 Å². The first-order valence-corrected chi connectivity index (χ1v) is 8.10. The summed E-state index contributed by atoms with van der Waals surface area (Å²) in [6.45, 7) is 3.71. The van der Waals surface area contributed by atoms with Crippen molar-refractivity contribution in [2.75, 3.05) is 59.0 Å². The highest BCUT2D eigenvalue weighted by Crippen LogP contribution is 2.19. The average molecular weight is 321 g/mol. The van der Waals surface area contributed by atoms with Gasteiger partial charge in [-0.15, -0.1) is 0 Å². The molecule has 1 amide bonds. The highest BCUT2D eigenvalue weighted by Gasteiger charge is 2.24. The summed E-state index contributed by atoms with van der Waals surface area (Å²) in [6.07, 6.45) is 3.82. The fourth-order valence-electron chi connectivity index (χ4n) is 2.88. The summed E-state index contributed by atoms with van der Waals surface area (Å²) in [5, 5.41) is 0. The van der Waals surface area contributed by atoms with Gasteiger partial charge in [0.1, 0.15) is 5.82 Å². The molecule has 1 aromatic heterocycles. The molecule has 2 heterocycles. The zero-order valence-corrected chi connectivity index (χ0v) is 14.3. The van der Waals surface area contributed by atoms with Gasteiger partial charge in [0, 0.05) is 47.1 Å². The number of piperidine rings is 1. The highest BCUT2D eigenvalue weighted by atomic mass is 16.5. The Morgan fingerprint density at radius 3 is 2.87 bits per heavy atom. The molecule has 0 saturated carbocycles. The Balaban J connectivity index is 1.96. The normalized spacial score (nSPS) is 18.0. The maximum absolute atomic E-state index is 12.6. The third kappa shape index (κ3) is 4.91. The minimum Gasteiger partial charge on any atom is -0.384 e. The Morgan fingerprint density at radius 1 is 1.39 bits per heavy atom. The van der Waals surface area contributed by atoms with Gasteiger partial charge in [-0.05, 0) is 30.9 Å². The first-order valence-electron chi connectivity index (χ1n) is 8.10. The molecule has 0 aromatic carbocycles. The van der Waals surface area contributed by atoms with Crippen LogP contribution in [0.4, 0.5) is 5.82 Å². The lowest BCUT2D eigenvalue weighted by molar-refractivity contribution is 0.0570. The van der Waals surface area contributed by atoms with Gasteiger partial charge in [-0.3, -0.25) is 4.79 Å². The van der Waals surface area contributed by atoms with E-state index in [1.165, 1.54) is 0 Å². The van der Waals surface area contributed by atoms with Crippen LogP contribution in [0.15, 0.2) is 18.3 Å². The van der Waals surface area contributed by atoms with E-state index in [0.29, 0.717) is 24.7 Å². The topological polar surface area (TPSA) is 54.9 Å². The maximum atomic E-state index is 12.6. The summed E-state index contributed by atoms with van der Waals surface area (Å²) >= 11 is 0. The van der Waals surface area contributed by atoms with Crippen molar-refractivity contribution in [1.82, 2.24) is 9.88 Å². The van der Waals surface area contributed by atoms with Crippen molar-refractivity contribution < 1.29 is 14.3 Å². The molecule has 0 aliphatic carbocycles. The maximum Gasteiger partial charge on any atom is 0.255 e. The molecule has 0 N–H and O–H groups in total. The molecule has 2 rings (SSSR count). The second-order valence-electron chi connectivity index (χ2n) is 6.03. The standard InChI is InChI=1S/C17H27N3O3/c1-19(9-10-22-2)16-7-6-15(11-18-16)17(21)20-8-4-5-14(12-20)13-23-3/h6-7,11,14H,4-5,8-10,12-13H2,1-3H3/t14-/m0/s1. The molecule has 1 atom stereocenters. The van der Waals surface area contributed by atoms with Gasteiger partial charge in [0.25, 0.3) is 5.91 Å². The lowest BCUT2D eigenvalue weighted by atomic mass is 9.98. The minimum atomic E-state index is 0.0596. The van der Waals surface area contributed by atoms with E-state index < -0.39 is 0 Å². The molecule has 128 valence electrons. The Morgan fingerprint density at radius 2 is 2.22 bits per heavy atom. The van der Waals surface area contributed by atoms with Crippen molar-refractivity contribution in [3.05, 3.63) is 23.9 Å². The number of ether oxygens (including phenoxy) is 2. The Hall–Kier alpha value is -1.66. The smallest absolute Gasteiger partial charge is 0.255 e. The van der Waals surface area contributed by atoms with E-state index in [0.717, 1.165) is 38.3 Å². The molecule has 23 heavy (non-hydrogen) atoms. The van der Waals surface area contributed by atoms with E-state index in [4.69, 9.17) is 9.47 Å². The second kappa shape index (κ2) is 8.84. The van der Waals surface area contributed by atoms with Crippen LogP contribution in [-0.4, -0.2) is 69.9 Å². The van der Waals surface area contributed by atoms with Crippen molar-refractivity contribution in [1.29, 1.82) is 0 Å². The minimum absolute atomic E-state index is 0.0596. The number of anilines is 1. The molecule has 1 aliphatic heterocycles. The third-order valence-electron chi connectivity index (χ3n) is 4.23. The molecule has 1 aliphatic rings. The summed E-state index contributed by atoms with van der Waals surface area (Å²) < 4.78 is 10.3. The number of aromatic nitrogens is 1. The van der Waals surface area contributed by atoms with Crippen molar-refractivity contribution >= 4 is 11.7 Å². The zero-order chi connectivity index (χ0) is 16.7. The SMILES string of the molecule is COCCN(C)c1ccc(C(=O)N2CCC[C@H](COC)C2)cn1. The molecule has 6 nitrogen and oxygen atoms in total. The van der Waals surface area contributed by atoms with Gasteiger partial charge in [-0.25, -0.2) is 4.98 Å². The number of likely N-dealkylation sites (N-methyl/N-ethyl adjacent to an activating group) is 1. The van der Waals surface area contributed by atoms with Crippen molar-refractivity contribution in [2.24, 2.45) is 5.92 Å². The number of hydrogen-bond acceptors (Lipinski definition) is 5. The van der Waals surface area contributed by atoms with Gasteiger partial charge in [0.05, 0.1) is 18.8 Å². The first-order chi connectivity index (χ1) is 11.2. The Bertz CT molecular complexity index is 490. The molecule has 1 aromatic rings. The molecule has 1 saturated heterocycles. The van der Waals surface area contributed by atoms with Crippen LogP contribution in [0.5, 0.6) is 0 Å². The first kappa shape index (κ1) is 17.7. The summed E-state index contributed by atoms with van der Waals surface area (Å²) in [5.74, 6) is 1.34. The zero-order valence-electron chi connectivity index (χ0n) is 14.3. The van der Waals surface area contributed by atoms with Crippen LogP contribution in [0.3, 0.4) is 0 Å². The molecule has 0 unspecified atom stereocenters. The fourth-order valence-corrected chi connectivity index (χ4v) is 2.88. The monoisotopic (exact) mass is 321 g/mol. The van der Waals surface area contributed by atoms with Crippen LogP contribution in [0.1, 0.15) is 23.2 Å². The summed E-state index contributed by atoms with van der Waals surface area (Å²) in [6, 6.07) is 3.74. The Kier molecular flexibility index (Phi) is 6.80. The lowest BCUT2D eigenvalue weighted by Gasteiger charge is -2.32. The largest absolute Gasteiger partial charge is 0.384 e. The van der Waals surface area contributed by atoms with Gasteiger partial charge in [0.15, 0.2) is 0 Å². The Labute approximate surface area is 138 Å². The van der Waals surface area contributed by atoms with Gasteiger partial charge in [0.2, 0.25) is 0 Å². The fraction of sp³-hybridized carbons (Fsp3) is 0.647. The molecule has 0 spiro atoms. The van der Waals surface area contributed by atoms with Crippen LogP contribution in [0.2, 0.25) is 0 Å². The number of carbonyl (C=O) groups is 1. The van der Waals surface area contributed by atoms with Gasteiger partial charge >= 0.3 is 0 Å². The van der Waals surface area contributed by atoms with Crippen LogP contribution in [0.25, 0.3) is 0 Å². The number of nitrogens with zero attached hydrogens (tertiary/aromatic N) is 3. The summed E-state index contributed by atoms with van der Waals surface area (Å²) in [4.78, 5) is 20.9. The molecule has 0 radical (unpaired) electrons. The van der Waals surface area contributed by atoms with Crippen molar-refractivity contribution in [3.63, 3.8) is 0 Å². The average Bonchev–Trinajstić information content (AvgIpc) is 2.59. The van der Waals surface area contributed by atoms with E-state index in [1.807, 2.05) is 29.0 Å². The second-order valence-corrected chi connectivity index (χ2v) is 6.03. The van der Waals surface area contributed by atoms with E-state index in [-0.39, 0.29) is 5.91 Å². The lowest BCUT2D eigenvalue weighted by Crippen LogP contribution is -2.41. The molecule has 1 fully saturated rings. The highest BCUT2D eigenvalue weighted by molar-refractivity contribution is 5.94. The van der Waals surface area contributed by atoms with Gasteiger partial charge < -0.3 is 19.3 Å². The van der Waals surface area contributed by atoms with E-state index >= 15 is 0 Å². The van der Waals surface area contributed by atoms with Crippen LogP contribution in [0, 0.1) is 5.92 Å². The predicted octanol–water partition coefficient (Wildman–Crippen LogP) is 1.66. The van der Waals surface area contributed by atoms with Gasteiger partial charge in [-0.1, -0.05) is 0 Å². The number of amides is 1. The van der Waals surface area contributed by atoms with Crippen LogP contribution in [-0.2, 0) is 9.47 Å². The van der Waals surface area contributed by atoms with E-state index in [9.17, 15) is 4.79 Å². The molecule has 0 bridgehead atoms. The number of hydrogen-bond donors (Lipinski definition) is 0. The predicted molar refractivity (Wildman–Crippen MR) is 89.9 cm³/mol. The number of rotatable bonds is 7. The van der Waals surface area contributed by atoms with Crippen molar-refractivity contribution in [2.45, 2.75) is 12.8 Å². The van der Waals surface area contributed by atoms with Crippen LogP contribution < -0.4 is 4.90 Å². The molecule has 6 heteroatoms. The molecular weight excluding hydrogens is 294 g/mol. The number of carbonyl (C=O) groups excluding carboxylic acids is 1. The quantitative estimate of drug-likeness (QED) is 0.764. The number of methoxy groups -OCH3 is 2. The summed E-state index contributed by atoms with van der Waals surface area (Å²) in [7, 11) is 5.35. The summed E-state index contributed by atoms with van der Waals surface area (Å²) in [5.41, 5.74) is 0.645. The number of pyridine rings is 1. The molecular formula is C17H27N3O3. The van der Waals surface area contributed by atoms with Crippen LogP contribution >= 0.6 is 0 Å².